The van der Waals surface area contributed by atoms with Crippen molar-refractivity contribution < 1.29 is 19.1 Å². The Morgan fingerprint density at radius 1 is 1.18 bits per heavy atom. The molecule has 184 valence electrons. The zero-order chi connectivity index (χ0) is 24.5. The van der Waals surface area contributed by atoms with Crippen LogP contribution in [0.15, 0.2) is 29.4 Å². The molecule has 0 aliphatic heterocycles. The molecule has 0 unspecified atom stereocenters. The first-order chi connectivity index (χ1) is 16.4. The summed E-state index contributed by atoms with van der Waals surface area (Å²) in [5.74, 6) is 2.40. The summed E-state index contributed by atoms with van der Waals surface area (Å²) in [6.45, 7) is 2.43. The van der Waals surface area contributed by atoms with Gasteiger partial charge in [-0.2, -0.15) is 0 Å². The van der Waals surface area contributed by atoms with Crippen LogP contribution in [0.5, 0.6) is 11.5 Å². The van der Waals surface area contributed by atoms with E-state index in [2.05, 4.69) is 27.8 Å². The molecule has 10 heteroatoms. The van der Waals surface area contributed by atoms with E-state index < -0.39 is 0 Å². The van der Waals surface area contributed by atoms with E-state index in [1.165, 1.54) is 37.1 Å². The van der Waals surface area contributed by atoms with Gasteiger partial charge < -0.3 is 24.7 Å². The zero-order valence-corrected chi connectivity index (χ0v) is 21.0. The van der Waals surface area contributed by atoms with Crippen molar-refractivity contribution in [2.75, 3.05) is 20.0 Å². The number of amides is 2. The molecule has 2 aromatic rings. The fourth-order valence-electron chi connectivity index (χ4n) is 3.89. The van der Waals surface area contributed by atoms with Crippen molar-refractivity contribution in [2.24, 2.45) is 13.0 Å². The van der Waals surface area contributed by atoms with Gasteiger partial charge in [0, 0.05) is 19.2 Å². The van der Waals surface area contributed by atoms with Crippen molar-refractivity contribution in [3.05, 3.63) is 35.7 Å². The van der Waals surface area contributed by atoms with Gasteiger partial charge in [-0.1, -0.05) is 37.6 Å². The van der Waals surface area contributed by atoms with Gasteiger partial charge in [0.2, 0.25) is 11.8 Å². The van der Waals surface area contributed by atoms with Crippen molar-refractivity contribution in [1.29, 1.82) is 0 Å². The molecule has 1 fully saturated rings. The van der Waals surface area contributed by atoms with E-state index in [-0.39, 0.29) is 30.2 Å². The largest absolute Gasteiger partial charge is 0.493 e. The number of carbonyl (C=O) groups is 2. The number of hydrogen-bond donors (Lipinski definition) is 2. The highest BCUT2D eigenvalue weighted by Crippen LogP contribution is 2.28. The van der Waals surface area contributed by atoms with E-state index in [4.69, 9.17) is 9.47 Å². The minimum absolute atomic E-state index is 0.0157. The first-order valence-electron chi connectivity index (χ1n) is 11.4. The van der Waals surface area contributed by atoms with Crippen LogP contribution in [-0.4, -0.2) is 52.6 Å². The molecular formula is C24H33N5O4S. The normalized spacial score (nSPS) is 18.0. The fourth-order valence-corrected chi connectivity index (χ4v) is 4.63. The summed E-state index contributed by atoms with van der Waals surface area (Å²) in [7, 11) is 4.96. The van der Waals surface area contributed by atoms with Gasteiger partial charge in [0.15, 0.2) is 22.5 Å². The Morgan fingerprint density at radius 3 is 2.68 bits per heavy atom. The van der Waals surface area contributed by atoms with Crippen molar-refractivity contribution >= 4 is 29.7 Å². The van der Waals surface area contributed by atoms with Gasteiger partial charge in [0.1, 0.15) is 0 Å². The Hall–Kier alpha value is -3.01. The summed E-state index contributed by atoms with van der Waals surface area (Å²) in [6, 6.07) is 5.67. The van der Waals surface area contributed by atoms with Gasteiger partial charge in [-0.25, -0.2) is 0 Å². The summed E-state index contributed by atoms with van der Waals surface area (Å²) in [5.41, 5.74) is 0.811. The topological polar surface area (TPSA) is 107 Å². The van der Waals surface area contributed by atoms with E-state index >= 15 is 0 Å². The highest BCUT2D eigenvalue weighted by atomic mass is 32.2. The molecule has 2 N–H and O–H groups in total. The number of carbonyl (C=O) groups excluding carboxylic acids is 2. The summed E-state index contributed by atoms with van der Waals surface area (Å²) in [4.78, 5) is 24.6. The minimum atomic E-state index is -0.257. The number of rotatable bonds is 10. The summed E-state index contributed by atoms with van der Waals surface area (Å²) in [5, 5.41) is 14.9. The number of nitrogens with one attached hydrogen (secondary N) is 2. The Morgan fingerprint density at radius 2 is 1.94 bits per heavy atom. The minimum Gasteiger partial charge on any atom is -0.493 e. The van der Waals surface area contributed by atoms with Crippen LogP contribution < -0.4 is 20.1 Å². The highest BCUT2D eigenvalue weighted by Gasteiger charge is 2.23. The molecule has 1 aromatic carbocycles. The first-order valence-corrected chi connectivity index (χ1v) is 12.4. The van der Waals surface area contributed by atoms with Crippen LogP contribution in [0.1, 0.15) is 44.0 Å². The molecule has 0 radical (unpaired) electrons. The number of thioether (sulfide) groups is 1. The monoisotopic (exact) mass is 487 g/mol. The predicted molar refractivity (Wildman–Crippen MR) is 132 cm³/mol. The summed E-state index contributed by atoms with van der Waals surface area (Å²) in [6.07, 6.45) is 7.77. The lowest BCUT2D eigenvalue weighted by Crippen LogP contribution is -2.41. The maximum Gasteiger partial charge on any atom is 0.244 e. The number of hydrogen-bond acceptors (Lipinski definition) is 7. The van der Waals surface area contributed by atoms with Gasteiger partial charge >= 0.3 is 0 Å². The van der Waals surface area contributed by atoms with Gasteiger partial charge in [0.25, 0.3) is 0 Å². The van der Waals surface area contributed by atoms with E-state index in [1.807, 2.05) is 13.1 Å². The molecule has 0 saturated heterocycles. The van der Waals surface area contributed by atoms with Crippen LogP contribution in [-0.2, 0) is 23.2 Å². The molecule has 2 atom stereocenters. The number of methoxy groups -OCH3 is 2. The average molecular weight is 488 g/mol. The smallest absolute Gasteiger partial charge is 0.244 e. The lowest BCUT2D eigenvalue weighted by atomic mass is 9.86. The standard InChI is InChI=1S/C24H33N5O4S/c1-16-7-5-6-8-18(16)26-23(31)15-34-24-28-27-21(29(24)2)14-25-22(30)12-10-17-9-11-19(32-3)20(13-17)33-4/h9-13,16,18H,5-8,14-15H2,1-4H3,(H,25,30)(H,26,31)/b12-10+/t16-,18+/m0/s1. The second-order valence-electron chi connectivity index (χ2n) is 8.35. The third-order valence-electron chi connectivity index (χ3n) is 5.97. The molecule has 1 aliphatic carbocycles. The summed E-state index contributed by atoms with van der Waals surface area (Å²) >= 11 is 1.34. The molecule has 0 spiro atoms. The molecular weight excluding hydrogens is 454 g/mol. The van der Waals surface area contributed by atoms with Crippen LogP contribution in [0.25, 0.3) is 6.08 Å². The van der Waals surface area contributed by atoms with Crippen molar-refractivity contribution in [1.82, 2.24) is 25.4 Å². The third-order valence-corrected chi connectivity index (χ3v) is 6.99. The molecule has 2 amide bonds. The van der Waals surface area contributed by atoms with Gasteiger partial charge in [-0.05, 0) is 42.5 Å². The molecule has 1 aromatic heterocycles. The highest BCUT2D eigenvalue weighted by molar-refractivity contribution is 7.99. The van der Waals surface area contributed by atoms with Crippen LogP contribution in [0, 0.1) is 5.92 Å². The third kappa shape index (κ3) is 6.99. The second-order valence-corrected chi connectivity index (χ2v) is 9.29. The Bertz CT molecular complexity index is 1020. The van der Waals surface area contributed by atoms with Gasteiger partial charge in [-0.15, -0.1) is 10.2 Å². The molecule has 34 heavy (non-hydrogen) atoms. The zero-order valence-electron chi connectivity index (χ0n) is 20.2. The van der Waals surface area contributed by atoms with E-state index in [9.17, 15) is 9.59 Å². The van der Waals surface area contributed by atoms with Crippen LogP contribution >= 0.6 is 11.8 Å². The van der Waals surface area contributed by atoms with Gasteiger partial charge in [-0.3, -0.25) is 9.59 Å². The van der Waals surface area contributed by atoms with Crippen molar-refractivity contribution in [3.63, 3.8) is 0 Å². The molecule has 0 bridgehead atoms. The number of benzene rings is 1. The maximum atomic E-state index is 12.4. The number of nitrogens with zero attached hydrogens (tertiary/aromatic N) is 3. The van der Waals surface area contributed by atoms with E-state index in [1.54, 1.807) is 37.0 Å². The quantitative estimate of drug-likeness (QED) is 0.392. The van der Waals surface area contributed by atoms with E-state index in [0.29, 0.717) is 28.4 Å². The van der Waals surface area contributed by atoms with Gasteiger partial charge in [0.05, 0.1) is 26.5 Å². The van der Waals surface area contributed by atoms with E-state index in [0.717, 1.165) is 12.0 Å². The predicted octanol–water partition coefficient (Wildman–Crippen LogP) is 2.95. The fraction of sp³-hybridized carbons (Fsp3) is 0.500. The second kappa shape index (κ2) is 12.5. The lowest BCUT2D eigenvalue weighted by molar-refractivity contribution is -0.120. The molecule has 1 aliphatic rings. The van der Waals surface area contributed by atoms with Crippen molar-refractivity contribution in [2.45, 2.75) is 50.4 Å². The Kier molecular flexibility index (Phi) is 9.38. The van der Waals surface area contributed by atoms with Crippen molar-refractivity contribution in [3.8, 4) is 11.5 Å². The lowest BCUT2D eigenvalue weighted by Gasteiger charge is -2.29. The summed E-state index contributed by atoms with van der Waals surface area (Å²) < 4.78 is 12.3. The number of ether oxygens (including phenoxy) is 2. The number of aromatic nitrogens is 3. The van der Waals surface area contributed by atoms with Crippen LogP contribution in [0.3, 0.4) is 0 Å². The molecule has 1 saturated carbocycles. The molecule has 1 heterocycles. The average Bonchev–Trinajstić information content (AvgIpc) is 3.20. The van der Waals surface area contributed by atoms with Crippen LogP contribution in [0.4, 0.5) is 0 Å². The Labute approximate surface area is 204 Å². The van der Waals surface area contributed by atoms with Crippen LogP contribution in [0.2, 0.25) is 0 Å². The first kappa shape index (κ1) is 25.6. The molecule has 9 nitrogen and oxygen atoms in total. The molecule has 3 rings (SSSR count). The SMILES string of the molecule is COc1ccc(/C=C/C(=O)NCc2nnc(SCC(=O)N[C@@H]3CCCC[C@@H]3C)n2C)cc1OC. The maximum absolute atomic E-state index is 12.4. The Balaban J connectivity index is 1.47.